The van der Waals surface area contributed by atoms with E-state index in [4.69, 9.17) is 10.2 Å². The average molecular weight is 204 g/mol. The lowest BCUT2D eigenvalue weighted by molar-refractivity contribution is 0.0930. The molecule has 4 heteroatoms. The second-order valence-electron chi connectivity index (χ2n) is 3.24. The molecule has 0 fully saturated rings. The van der Waals surface area contributed by atoms with Crippen molar-refractivity contribution in [1.29, 1.82) is 0 Å². The number of hydrogen-bond acceptors (Lipinski definition) is 3. The molecule has 0 radical (unpaired) electrons. The molecule has 3 N–H and O–H groups in total. The molecule has 0 saturated heterocycles. The van der Waals surface area contributed by atoms with E-state index in [-0.39, 0.29) is 5.91 Å². The van der Waals surface area contributed by atoms with Gasteiger partial charge in [0.25, 0.3) is 5.91 Å². The first kappa shape index (κ1) is 9.58. The maximum atomic E-state index is 11.5. The zero-order valence-electron chi connectivity index (χ0n) is 8.41. The van der Waals surface area contributed by atoms with Crippen molar-refractivity contribution in [2.75, 3.05) is 12.3 Å². The maximum absolute atomic E-state index is 11.5. The third-order valence-electron chi connectivity index (χ3n) is 2.14. The van der Waals surface area contributed by atoms with E-state index in [0.717, 1.165) is 5.39 Å². The number of benzene rings is 1. The quantitative estimate of drug-likeness (QED) is 0.732. The fourth-order valence-corrected chi connectivity index (χ4v) is 1.45. The zero-order chi connectivity index (χ0) is 10.8. The van der Waals surface area contributed by atoms with Gasteiger partial charge in [0.05, 0.1) is 5.69 Å². The van der Waals surface area contributed by atoms with Crippen molar-refractivity contribution in [2.45, 2.75) is 6.92 Å². The fourth-order valence-electron chi connectivity index (χ4n) is 1.45. The van der Waals surface area contributed by atoms with Crippen molar-refractivity contribution in [1.82, 2.24) is 5.32 Å². The standard InChI is InChI=1S/C11H12N2O2/c1-2-13-11(14)9-6-7-4-3-5-8(12)10(7)15-9/h3-6H,2,12H2,1H3,(H,13,14). The molecule has 2 aromatic rings. The Kier molecular flexibility index (Phi) is 2.33. The van der Waals surface area contributed by atoms with Gasteiger partial charge < -0.3 is 15.5 Å². The van der Waals surface area contributed by atoms with Gasteiger partial charge >= 0.3 is 0 Å². The third kappa shape index (κ3) is 1.66. The van der Waals surface area contributed by atoms with Gasteiger partial charge in [-0.25, -0.2) is 0 Å². The number of para-hydroxylation sites is 1. The van der Waals surface area contributed by atoms with Gasteiger partial charge in [-0.2, -0.15) is 0 Å². The fraction of sp³-hybridized carbons (Fsp3) is 0.182. The number of fused-ring (bicyclic) bond motifs is 1. The van der Waals surface area contributed by atoms with Crippen LogP contribution in [0.2, 0.25) is 0 Å². The molecule has 0 spiro atoms. The normalized spacial score (nSPS) is 10.5. The molecule has 0 bridgehead atoms. The maximum Gasteiger partial charge on any atom is 0.287 e. The summed E-state index contributed by atoms with van der Waals surface area (Å²) in [5.74, 6) is 0.0813. The van der Waals surface area contributed by atoms with Crippen LogP contribution in [0.3, 0.4) is 0 Å². The average Bonchev–Trinajstić information content (AvgIpc) is 2.63. The zero-order valence-corrected chi connectivity index (χ0v) is 8.41. The van der Waals surface area contributed by atoms with Crippen LogP contribution in [0, 0.1) is 0 Å². The molecule has 1 amide bonds. The summed E-state index contributed by atoms with van der Waals surface area (Å²) in [6, 6.07) is 7.12. The number of nitrogens with one attached hydrogen (secondary N) is 1. The smallest absolute Gasteiger partial charge is 0.287 e. The number of furan rings is 1. The molecule has 78 valence electrons. The second kappa shape index (κ2) is 3.65. The number of nitrogen functional groups attached to an aromatic ring is 1. The minimum Gasteiger partial charge on any atom is -0.449 e. The number of nitrogens with two attached hydrogens (primary N) is 1. The topological polar surface area (TPSA) is 68.3 Å². The van der Waals surface area contributed by atoms with Crippen LogP contribution < -0.4 is 11.1 Å². The Morgan fingerprint density at radius 3 is 3.00 bits per heavy atom. The first-order chi connectivity index (χ1) is 7.22. The first-order valence-electron chi connectivity index (χ1n) is 4.78. The summed E-state index contributed by atoms with van der Waals surface area (Å²) in [6.45, 7) is 2.43. The lowest BCUT2D eigenvalue weighted by atomic mass is 10.2. The number of hydrogen-bond donors (Lipinski definition) is 2. The third-order valence-corrected chi connectivity index (χ3v) is 2.14. The van der Waals surface area contributed by atoms with Crippen LogP contribution in [-0.2, 0) is 0 Å². The van der Waals surface area contributed by atoms with Crippen molar-refractivity contribution in [3.05, 3.63) is 30.0 Å². The van der Waals surface area contributed by atoms with Gasteiger partial charge in [0, 0.05) is 11.9 Å². The lowest BCUT2D eigenvalue weighted by Crippen LogP contribution is -2.21. The van der Waals surface area contributed by atoms with Crippen LogP contribution in [-0.4, -0.2) is 12.5 Å². The Hall–Kier alpha value is -1.97. The summed E-state index contributed by atoms with van der Waals surface area (Å²) in [7, 11) is 0. The molecule has 0 aliphatic rings. The number of carbonyl (C=O) groups excluding carboxylic acids is 1. The highest BCUT2D eigenvalue weighted by molar-refractivity contribution is 5.98. The summed E-state index contributed by atoms with van der Waals surface area (Å²) in [6.07, 6.45) is 0. The van der Waals surface area contributed by atoms with Gasteiger partial charge in [-0.1, -0.05) is 12.1 Å². The van der Waals surface area contributed by atoms with Gasteiger partial charge in [0.1, 0.15) is 0 Å². The molecule has 0 aliphatic heterocycles. The monoisotopic (exact) mass is 204 g/mol. The minimum absolute atomic E-state index is 0.215. The highest BCUT2D eigenvalue weighted by Crippen LogP contribution is 2.24. The van der Waals surface area contributed by atoms with Crippen molar-refractivity contribution >= 4 is 22.6 Å². The Morgan fingerprint density at radius 2 is 2.33 bits per heavy atom. The van der Waals surface area contributed by atoms with Gasteiger partial charge in [-0.05, 0) is 19.1 Å². The Bertz CT molecular complexity index is 502. The summed E-state index contributed by atoms with van der Waals surface area (Å²) < 4.78 is 5.38. The number of carbonyl (C=O) groups is 1. The van der Waals surface area contributed by atoms with Crippen molar-refractivity contribution in [2.24, 2.45) is 0 Å². The Morgan fingerprint density at radius 1 is 1.53 bits per heavy atom. The van der Waals surface area contributed by atoms with Crippen LogP contribution >= 0.6 is 0 Å². The van der Waals surface area contributed by atoms with E-state index in [1.54, 1.807) is 12.1 Å². The predicted octanol–water partition coefficient (Wildman–Crippen LogP) is 1.76. The van der Waals surface area contributed by atoms with Crippen LogP contribution in [0.4, 0.5) is 5.69 Å². The second-order valence-corrected chi connectivity index (χ2v) is 3.24. The van der Waals surface area contributed by atoms with Crippen molar-refractivity contribution in [3.63, 3.8) is 0 Å². The lowest BCUT2D eigenvalue weighted by Gasteiger charge is -1.96. The van der Waals surface area contributed by atoms with E-state index in [1.807, 2.05) is 19.1 Å². The molecular formula is C11H12N2O2. The molecule has 4 nitrogen and oxygen atoms in total. The molecule has 1 aromatic carbocycles. The van der Waals surface area contributed by atoms with Crippen LogP contribution in [0.5, 0.6) is 0 Å². The van der Waals surface area contributed by atoms with E-state index in [2.05, 4.69) is 5.32 Å². The summed E-state index contributed by atoms with van der Waals surface area (Å²) in [5, 5.41) is 3.51. The Balaban J connectivity index is 2.47. The largest absolute Gasteiger partial charge is 0.449 e. The van der Waals surface area contributed by atoms with Crippen LogP contribution in [0.15, 0.2) is 28.7 Å². The van der Waals surface area contributed by atoms with E-state index in [1.165, 1.54) is 0 Å². The van der Waals surface area contributed by atoms with E-state index < -0.39 is 0 Å². The van der Waals surface area contributed by atoms with Crippen LogP contribution in [0.25, 0.3) is 11.0 Å². The molecule has 15 heavy (non-hydrogen) atoms. The van der Waals surface area contributed by atoms with Gasteiger partial charge in [0.15, 0.2) is 11.3 Å². The van der Waals surface area contributed by atoms with E-state index in [9.17, 15) is 4.79 Å². The number of rotatable bonds is 2. The first-order valence-corrected chi connectivity index (χ1v) is 4.78. The van der Waals surface area contributed by atoms with Gasteiger partial charge in [0.2, 0.25) is 0 Å². The summed E-state index contributed by atoms with van der Waals surface area (Å²) >= 11 is 0. The molecule has 1 aromatic heterocycles. The molecule has 1 heterocycles. The van der Waals surface area contributed by atoms with Gasteiger partial charge in [-0.15, -0.1) is 0 Å². The van der Waals surface area contributed by atoms with Crippen LogP contribution in [0.1, 0.15) is 17.5 Å². The molecule has 2 rings (SSSR count). The predicted molar refractivity (Wildman–Crippen MR) is 58.6 cm³/mol. The molecule has 0 atom stereocenters. The molecule has 0 unspecified atom stereocenters. The number of anilines is 1. The van der Waals surface area contributed by atoms with Crippen molar-refractivity contribution in [3.8, 4) is 0 Å². The van der Waals surface area contributed by atoms with E-state index >= 15 is 0 Å². The molecule has 0 aliphatic carbocycles. The van der Waals surface area contributed by atoms with Crippen molar-refractivity contribution < 1.29 is 9.21 Å². The van der Waals surface area contributed by atoms with E-state index in [0.29, 0.717) is 23.6 Å². The highest BCUT2D eigenvalue weighted by atomic mass is 16.3. The number of amides is 1. The SMILES string of the molecule is CCNC(=O)c1cc2cccc(N)c2o1. The minimum atomic E-state index is -0.215. The highest BCUT2D eigenvalue weighted by Gasteiger charge is 2.12. The summed E-state index contributed by atoms with van der Waals surface area (Å²) in [4.78, 5) is 11.5. The molecule has 0 saturated carbocycles. The van der Waals surface area contributed by atoms with Gasteiger partial charge in [-0.3, -0.25) is 4.79 Å². The molecular weight excluding hydrogens is 192 g/mol. The summed E-state index contributed by atoms with van der Waals surface area (Å²) in [5.41, 5.74) is 6.83. The Labute approximate surface area is 87.1 Å².